The van der Waals surface area contributed by atoms with Gasteiger partial charge in [0, 0.05) is 5.56 Å². The summed E-state index contributed by atoms with van der Waals surface area (Å²) in [6.07, 6.45) is 5.83. The van der Waals surface area contributed by atoms with Crippen LogP contribution in [0.1, 0.15) is 73.1 Å². The molecule has 0 aromatic heterocycles. The number of nitrogens with zero attached hydrogens (tertiary/aromatic N) is 1. The number of allylic oxidation sites excluding steroid dienone is 1. The molecule has 2 N–H and O–H groups in total. The fourth-order valence-corrected chi connectivity index (χ4v) is 3.85. The van der Waals surface area contributed by atoms with Crippen LogP contribution in [0.25, 0.3) is 6.08 Å². The van der Waals surface area contributed by atoms with Crippen molar-refractivity contribution in [1.82, 2.24) is 0 Å². The highest BCUT2D eigenvalue weighted by atomic mass is 16.4. The zero-order valence-corrected chi connectivity index (χ0v) is 16.9. The first kappa shape index (κ1) is 19.9. The Kier molecular flexibility index (Phi) is 5.16. The Hall–Kier alpha value is -2.88. The molecule has 2 aromatic carbocycles. The SMILES string of the molecule is CC1(C)CCC(C)(C)c2cc(C(/C=C/c3ccc(C(=O)O)cc3)=NO)ccc21. The topological polar surface area (TPSA) is 69.9 Å². The van der Waals surface area contributed by atoms with Crippen LogP contribution in [0.3, 0.4) is 0 Å². The molecule has 0 spiro atoms. The molecule has 0 fully saturated rings. The highest BCUT2D eigenvalue weighted by molar-refractivity contribution is 6.10. The smallest absolute Gasteiger partial charge is 0.335 e. The van der Waals surface area contributed by atoms with Gasteiger partial charge in [-0.15, -0.1) is 0 Å². The lowest BCUT2D eigenvalue weighted by Crippen LogP contribution is -2.34. The summed E-state index contributed by atoms with van der Waals surface area (Å²) in [5.74, 6) is -0.951. The van der Waals surface area contributed by atoms with Gasteiger partial charge < -0.3 is 10.3 Å². The van der Waals surface area contributed by atoms with Gasteiger partial charge in [-0.3, -0.25) is 0 Å². The van der Waals surface area contributed by atoms with Gasteiger partial charge >= 0.3 is 5.97 Å². The second-order valence-electron chi connectivity index (χ2n) is 8.77. The lowest BCUT2D eigenvalue weighted by atomic mass is 9.63. The minimum atomic E-state index is -0.951. The van der Waals surface area contributed by atoms with E-state index < -0.39 is 5.97 Å². The summed E-state index contributed by atoms with van der Waals surface area (Å²) in [5.41, 5.74) is 5.31. The van der Waals surface area contributed by atoms with Crippen LogP contribution in [0, 0.1) is 0 Å². The number of benzene rings is 2. The van der Waals surface area contributed by atoms with E-state index in [4.69, 9.17) is 5.11 Å². The fraction of sp³-hybridized carbons (Fsp3) is 0.333. The lowest BCUT2D eigenvalue weighted by Gasteiger charge is -2.42. The second kappa shape index (κ2) is 7.27. The monoisotopic (exact) mass is 377 g/mol. The van der Waals surface area contributed by atoms with Gasteiger partial charge in [0.1, 0.15) is 5.71 Å². The Bertz CT molecular complexity index is 950. The Labute approximate surface area is 166 Å². The molecule has 0 unspecified atom stereocenters. The summed E-state index contributed by atoms with van der Waals surface area (Å²) in [7, 11) is 0. The first-order chi connectivity index (χ1) is 13.1. The van der Waals surface area contributed by atoms with Crippen molar-refractivity contribution in [2.45, 2.75) is 51.4 Å². The average Bonchev–Trinajstić information content (AvgIpc) is 2.66. The van der Waals surface area contributed by atoms with Crippen molar-refractivity contribution in [2.24, 2.45) is 5.16 Å². The van der Waals surface area contributed by atoms with E-state index in [1.807, 2.05) is 12.1 Å². The summed E-state index contributed by atoms with van der Waals surface area (Å²) in [5, 5.41) is 22.0. The summed E-state index contributed by atoms with van der Waals surface area (Å²) in [6, 6.07) is 12.9. The van der Waals surface area contributed by atoms with Crippen molar-refractivity contribution in [1.29, 1.82) is 0 Å². The van der Waals surface area contributed by atoms with Crippen molar-refractivity contribution >= 4 is 17.8 Å². The molecule has 146 valence electrons. The summed E-state index contributed by atoms with van der Waals surface area (Å²) >= 11 is 0. The second-order valence-corrected chi connectivity index (χ2v) is 8.77. The summed E-state index contributed by atoms with van der Waals surface area (Å²) < 4.78 is 0. The number of rotatable bonds is 4. The van der Waals surface area contributed by atoms with Crippen LogP contribution >= 0.6 is 0 Å². The molecular weight excluding hydrogens is 350 g/mol. The Morgan fingerprint density at radius 1 is 0.929 bits per heavy atom. The normalized spacial score (nSPS) is 18.1. The van der Waals surface area contributed by atoms with E-state index >= 15 is 0 Å². The van der Waals surface area contributed by atoms with Crippen LogP contribution in [0.15, 0.2) is 53.7 Å². The molecule has 0 saturated carbocycles. The molecular formula is C24H27NO3. The van der Waals surface area contributed by atoms with Gasteiger partial charge in [0.15, 0.2) is 0 Å². The molecule has 0 radical (unpaired) electrons. The van der Waals surface area contributed by atoms with E-state index in [9.17, 15) is 10.0 Å². The van der Waals surface area contributed by atoms with Gasteiger partial charge in [0.25, 0.3) is 0 Å². The van der Waals surface area contributed by atoms with Crippen LogP contribution in [0.2, 0.25) is 0 Å². The maximum Gasteiger partial charge on any atom is 0.335 e. The standard InChI is InChI=1S/C24H27NO3/c1-23(2)13-14-24(3,4)20-15-18(10-11-19(20)23)21(25-28)12-7-16-5-8-17(9-6-16)22(26)27/h5-12,15,28H,13-14H2,1-4H3,(H,26,27)/b12-7+,25-21?. The Morgan fingerprint density at radius 2 is 1.50 bits per heavy atom. The molecule has 0 aliphatic heterocycles. The van der Waals surface area contributed by atoms with Crippen LogP contribution < -0.4 is 0 Å². The summed E-state index contributed by atoms with van der Waals surface area (Å²) in [4.78, 5) is 11.0. The van der Waals surface area contributed by atoms with Gasteiger partial charge in [-0.05, 0) is 64.6 Å². The third kappa shape index (κ3) is 3.86. The van der Waals surface area contributed by atoms with Gasteiger partial charge in [-0.2, -0.15) is 0 Å². The molecule has 3 rings (SSSR count). The van der Waals surface area contributed by atoms with E-state index in [0.717, 1.165) is 24.0 Å². The molecule has 0 bridgehead atoms. The van der Waals surface area contributed by atoms with Gasteiger partial charge in [-0.1, -0.05) is 63.2 Å². The van der Waals surface area contributed by atoms with Gasteiger partial charge in [0.2, 0.25) is 0 Å². The number of carboxylic acids is 1. The third-order valence-corrected chi connectivity index (χ3v) is 5.85. The number of carbonyl (C=O) groups is 1. The van der Waals surface area contributed by atoms with Crippen LogP contribution in [0.4, 0.5) is 0 Å². The van der Waals surface area contributed by atoms with Gasteiger partial charge in [-0.25, -0.2) is 4.79 Å². The minimum absolute atomic E-state index is 0.0812. The highest BCUT2D eigenvalue weighted by Crippen LogP contribution is 2.45. The average molecular weight is 377 g/mol. The minimum Gasteiger partial charge on any atom is -0.478 e. The molecule has 4 heteroatoms. The fourth-order valence-electron chi connectivity index (χ4n) is 3.85. The van der Waals surface area contributed by atoms with Crippen molar-refractivity contribution < 1.29 is 15.1 Å². The Morgan fingerprint density at radius 3 is 2.07 bits per heavy atom. The number of oxime groups is 1. The first-order valence-electron chi connectivity index (χ1n) is 9.53. The quantitative estimate of drug-likeness (QED) is 0.412. The van der Waals surface area contributed by atoms with E-state index in [0.29, 0.717) is 5.71 Å². The number of carboxylic acid groups (broad SMARTS) is 1. The lowest BCUT2D eigenvalue weighted by molar-refractivity contribution is 0.0697. The van der Waals surface area contributed by atoms with Crippen LogP contribution in [-0.2, 0) is 10.8 Å². The van der Waals surface area contributed by atoms with Crippen molar-refractivity contribution in [3.8, 4) is 0 Å². The molecule has 0 heterocycles. The van der Waals surface area contributed by atoms with Crippen molar-refractivity contribution in [2.75, 3.05) is 0 Å². The van der Waals surface area contributed by atoms with E-state index in [1.165, 1.54) is 11.1 Å². The zero-order chi connectivity index (χ0) is 20.5. The number of aromatic carboxylic acids is 1. The highest BCUT2D eigenvalue weighted by Gasteiger charge is 2.37. The molecule has 0 amide bonds. The molecule has 2 aromatic rings. The van der Waals surface area contributed by atoms with Crippen LogP contribution in [0.5, 0.6) is 0 Å². The zero-order valence-electron chi connectivity index (χ0n) is 16.9. The molecule has 1 aliphatic carbocycles. The summed E-state index contributed by atoms with van der Waals surface area (Å²) in [6.45, 7) is 9.09. The first-order valence-corrected chi connectivity index (χ1v) is 9.53. The number of fused-ring (bicyclic) bond motifs is 1. The van der Waals surface area contributed by atoms with Crippen molar-refractivity contribution in [3.63, 3.8) is 0 Å². The predicted molar refractivity (Wildman–Crippen MR) is 112 cm³/mol. The molecule has 0 saturated heterocycles. The number of hydrogen-bond donors (Lipinski definition) is 2. The Balaban J connectivity index is 1.92. The maximum absolute atomic E-state index is 11.0. The molecule has 1 aliphatic rings. The molecule has 4 nitrogen and oxygen atoms in total. The maximum atomic E-state index is 11.0. The number of hydrogen-bond acceptors (Lipinski definition) is 3. The predicted octanol–water partition coefficient (Wildman–Crippen LogP) is 5.63. The van der Waals surface area contributed by atoms with Crippen LogP contribution in [-0.4, -0.2) is 22.0 Å². The van der Waals surface area contributed by atoms with E-state index in [2.05, 4.69) is 45.0 Å². The molecule has 0 atom stereocenters. The van der Waals surface area contributed by atoms with Gasteiger partial charge in [0.05, 0.1) is 5.56 Å². The van der Waals surface area contributed by atoms with E-state index in [1.54, 1.807) is 30.3 Å². The third-order valence-electron chi connectivity index (χ3n) is 5.85. The molecule has 28 heavy (non-hydrogen) atoms. The van der Waals surface area contributed by atoms with Crippen molar-refractivity contribution in [3.05, 3.63) is 76.4 Å². The largest absolute Gasteiger partial charge is 0.478 e. The van der Waals surface area contributed by atoms with E-state index in [-0.39, 0.29) is 16.4 Å².